The van der Waals surface area contributed by atoms with Crippen molar-refractivity contribution in [2.24, 2.45) is 5.16 Å². The molecule has 1 heterocycles. The van der Waals surface area contributed by atoms with E-state index in [1.807, 2.05) is 18.2 Å². The van der Waals surface area contributed by atoms with Crippen LogP contribution in [0.15, 0.2) is 29.6 Å². The van der Waals surface area contributed by atoms with Crippen molar-refractivity contribution in [3.63, 3.8) is 0 Å². The number of hydrogen-bond acceptors (Lipinski definition) is 3. The van der Waals surface area contributed by atoms with Gasteiger partial charge in [0.2, 0.25) is 0 Å². The topological polar surface area (TPSA) is 61.3 Å². The van der Waals surface area contributed by atoms with E-state index in [0.717, 1.165) is 16.5 Å². The number of aromatic nitrogens is 2. The molecule has 0 aliphatic carbocycles. The van der Waals surface area contributed by atoms with E-state index < -0.39 is 0 Å². The molecule has 0 atom stereocenters. The van der Waals surface area contributed by atoms with E-state index in [1.165, 1.54) is 6.21 Å². The van der Waals surface area contributed by atoms with Crippen LogP contribution >= 0.6 is 0 Å². The van der Waals surface area contributed by atoms with Gasteiger partial charge in [0.15, 0.2) is 0 Å². The zero-order valence-electron chi connectivity index (χ0n) is 6.23. The SMILES string of the molecule is ON=Cc1cccc2cn[nH]c12. The molecule has 60 valence electrons. The van der Waals surface area contributed by atoms with Gasteiger partial charge in [0.1, 0.15) is 0 Å². The van der Waals surface area contributed by atoms with Gasteiger partial charge in [-0.1, -0.05) is 23.4 Å². The van der Waals surface area contributed by atoms with Gasteiger partial charge in [-0.2, -0.15) is 5.10 Å². The molecule has 1 aromatic heterocycles. The lowest BCUT2D eigenvalue weighted by Crippen LogP contribution is -1.82. The number of nitrogens with zero attached hydrogens (tertiary/aromatic N) is 2. The second-order valence-corrected chi connectivity index (χ2v) is 2.43. The van der Waals surface area contributed by atoms with E-state index in [9.17, 15) is 0 Å². The summed E-state index contributed by atoms with van der Waals surface area (Å²) in [5.41, 5.74) is 1.71. The smallest absolute Gasteiger partial charge is 0.0755 e. The van der Waals surface area contributed by atoms with Crippen molar-refractivity contribution in [2.75, 3.05) is 0 Å². The van der Waals surface area contributed by atoms with Crippen molar-refractivity contribution in [2.45, 2.75) is 0 Å². The van der Waals surface area contributed by atoms with Gasteiger partial charge in [-0.05, 0) is 0 Å². The number of oxime groups is 1. The summed E-state index contributed by atoms with van der Waals surface area (Å²) in [6.07, 6.45) is 3.10. The first kappa shape index (κ1) is 6.84. The minimum Gasteiger partial charge on any atom is -0.411 e. The predicted octanol–water partition coefficient (Wildman–Crippen LogP) is 1.37. The molecule has 0 spiro atoms. The highest BCUT2D eigenvalue weighted by atomic mass is 16.4. The molecule has 0 bridgehead atoms. The van der Waals surface area contributed by atoms with Crippen molar-refractivity contribution >= 4 is 17.1 Å². The third kappa shape index (κ3) is 0.934. The molecule has 0 amide bonds. The second kappa shape index (κ2) is 2.65. The molecule has 0 saturated heterocycles. The molecule has 0 aliphatic rings. The van der Waals surface area contributed by atoms with Gasteiger partial charge in [0.05, 0.1) is 17.9 Å². The minimum absolute atomic E-state index is 0.826. The lowest BCUT2D eigenvalue weighted by molar-refractivity contribution is 0.322. The Morgan fingerprint density at radius 1 is 1.50 bits per heavy atom. The summed E-state index contributed by atoms with van der Waals surface area (Å²) in [6.45, 7) is 0. The van der Waals surface area contributed by atoms with Gasteiger partial charge in [-0.15, -0.1) is 0 Å². The van der Waals surface area contributed by atoms with Crippen molar-refractivity contribution < 1.29 is 5.21 Å². The fraction of sp³-hybridized carbons (Fsp3) is 0. The Morgan fingerprint density at radius 3 is 3.25 bits per heavy atom. The first-order valence-electron chi connectivity index (χ1n) is 3.51. The van der Waals surface area contributed by atoms with Gasteiger partial charge < -0.3 is 5.21 Å². The largest absolute Gasteiger partial charge is 0.411 e. The van der Waals surface area contributed by atoms with Gasteiger partial charge in [-0.3, -0.25) is 5.10 Å². The highest BCUT2D eigenvalue weighted by molar-refractivity contribution is 5.96. The summed E-state index contributed by atoms with van der Waals surface area (Å²) in [5, 5.41) is 19.0. The van der Waals surface area contributed by atoms with Crippen LogP contribution in [0.3, 0.4) is 0 Å². The fourth-order valence-corrected chi connectivity index (χ4v) is 1.16. The Kier molecular flexibility index (Phi) is 1.51. The zero-order chi connectivity index (χ0) is 8.39. The zero-order valence-corrected chi connectivity index (χ0v) is 6.23. The average molecular weight is 161 g/mol. The van der Waals surface area contributed by atoms with Crippen molar-refractivity contribution in [3.8, 4) is 0 Å². The lowest BCUT2D eigenvalue weighted by Gasteiger charge is -1.92. The molecule has 0 fully saturated rings. The summed E-state index contributed by atoms with van der Waals surface area (Å²) in [7, 11) is 0. The van der Waals surface area contributed by atoms with Crippen LogP contribution in [0, 0.1) is 0 Å². The fourth-order valence-electron chi connectivity index (χ4n) is 1.16. The van der Waals surface area contributed by atoms with Crippen LogP contribution in [0.5, 0.6) is 0 Å². The van der Waals surface area contributed by atoms with Gasteiger partial charge in [0.25, 0.3) is 0 Å². The molecule has 0 aliphatic heterocycles. The van der Waals surface area contributed by atoms with Crippen LogP contribution in [0.4, 0.5) is 0 Å². The van der Waals surface area contributed by atoms with Gasteiger partial charge in [-0.25, -0.2) is 0 Å². The number of benzene rings is 1. The van der Waals surface area contributed by atoms with Crippen LogP contribution < -0.4 is 0 Å². The molecule has 2 aromatic rings. The molecule has 1 aromatic carbocycles. The molecular formula is C8H7N3O. The van der Waals surface area contributed by atoms with Crippen LogP contribution in [0.25, 0.3) is 10.9 Å². The van der Waals surface area contributed by atoms with Crippen molar-refractivity contribution in [3.05, 3.63) is 30.0 Å². The number of fused-ring (bicyclic) bond motifs is 1. The summed E-state index contributed by atoms with van der Waals surface area (Å²) >= 11 is 0. The monoisotopic (exact) mass is 161 g/mol. The summed E-state index contributed by atoms with van der Waals surface area (Å²) in [6, 6.07) is 5.67. The first-order valence-corrected chi connectivity index (χ1v) is 3.51. The lowest BCUT2D eigenvalue weighted by atomic mass is 10.2. The van der Waals surface area contributed by atoms with E-state index in [-0.39, 0.29) is 0 Å². The third-order valence-electron chi connectivity index (χ3n) is 1.71. The molecular weight excluding hydrogens is 154 g/mol. The van der Waals surface area contributed by atoms with Gasteiger partial charge >= 0.3 is 0 Å². The van der Waals surface area contributed by atoms with Crippen LogP contribution in [0.2, 0.25) is 0 Å². The molecule has 0 saturated carbocycles. The maximum absolute atomic E-state index is 8.35. The number of H-pyrrole nitrogens is 1. The van der Waals surface area contributed by atoms with E-state index in [2.05, 4.69) is 15.4 Å². The number of hydrogen-bond donors (Lipinski definition) is 2. The maximum atomic E-state index is 8.35. The van der Waals surface area contributed by atoms with E-state index in [0.29, 0.717) is 0 Å². The van der Waals surface area contributed by atoms with Gasteiger partial charge in [0, 0.05) is 10.9 Å². The van der Waals surface area contributed by atoms with Crippen LogP contribution in [-0.2, 0) is 0 Å². The van der Waals surface area contributed by atoms with Crippen LogP contribution in [-0.4, -0.2) is 21.6 Å². The molecule has 4 nitrogen and oxygen atoms in total. The second-order valence-electron chi connectivity index (χ2n) is 2.43. The quantitative estimate of drug-likeness (QED) is 0.377. The molecule has 12 heavy (non-hydrogen) atoms. The number of para-hydroxylation sites is 1. The Morgan fingerprint density at radius 2 is 2.42 bits per heavy atom. The molecule has 2 N–H and O–H groups in total. The standard InChI is InChI=1S/C8H7N3O/c12-10-5-7-3-1-2-6-4-9-11-8(6)7/h1-5,12H,(H,9,11). The molecule has 4 heteroatoms. The van der Waals surface area contributed by atoms with Crippen LogP contribution in [0.1, 0.15) is 5.56 Å². The molecule has 0 radical (unpaired) electrons. The Balaban J connectivity index is 2.73. The number of aromatic amines is 1. The third-order valence-corrected chi connectivity index (χ3v) is 1.71. The van der Waals surface area contributed by atoms with Crippen molar-refractivity contribution in [1.29, 1.82) is 0 Å². The predicted molar refractivity (Wildman–Crippen MR) is 45.5 cm³/mol. The minimum atomic E-state index is 0.826. The first-order chi connectivity index (χ1) is 5.92. The Labute approximate surface area is 68.5 Å². The maximum Gasteiger partial charge on any atom is 0.0755 e. The van der Waals surface area contributed by atoms with E-state index in [1.54, 1.807) is 6.20 Å². The molecule has 0 unspecified atom stereocenters. The van der Waals surface area contributed by atoms with E-state index >= 15 is 0 Å². The summed E-state index contributed by atoms with van der Waals surface area (Å²) in [5.74, 6) is 0. The normalized spacial score (nSPS) is 11.3. The number of nitrogens with one attached hydrogen (secondary N) is 1. The average Bonchev–Trinajstić information content (AvgIpc) is 2.53. The Hall–Kier alpha value is -1.84. The summed E-state index contributed by atoms with van der Waals surface area (Å²) in [4.78, 5) is 0. The summed E-state index contributed by atoms with van der Waals surface area (Å²) < 4.78 is 0. The highest BCUT2D eigenvalue weighted by Crippen LogP contribution is 2.13. The number of rotatable bonds is 1. The highest BCUT2D eigenvalue weighted by Gasteiger charge is 1.98. The van der Waals surface area contributed by atoms with E-state index in [4.69, 9.17) is 5.21 Å². The molecule has 2 rings (SSSR count). The Bertz CT molecular complexity index is 419. The van der Waals surface area contributed by atoms with Crippen molar-refractivity contribution in [1.82, 2.24) is 10.2 Å².